The lowest BCUT2D eigenvalue weighted by molar-refractivity contribution is -0.130. The number of amides is 2. The minimum atomic E-state index is 0.0787. The van der Waals surface area contributed by atoms with Gasteiger partial charge in [-0.15, -0.1) is 0 Å². The molecule has 2 saturated heterocycles. The summed E-state index contributed by atoms with van der Waals surface area (Å²) in [4.78, 5) is 26.0. The molecule has 2 fully saturated rings. The summed E-state index contributed by atoms with van der Waals surface area (Å²) in [5.41, 5.74) is 0. The summed E-state index contributed by atoms with van der Waals surface area (Å²) in [7, 11) is 0. The fourth-order valence-electron chi connectivity index (χ4n) is 2.03. The monoisotopic (exact) mass is 168 g/mol. The summed E-state index contributed by atoms with van der Waals surface area (Å²) in [6, 6.07) is 0. The molecule has 2 aliphatic rings. The first-order chi connectivity index (χ1) is 5.74. The van der Waals surface area contributed by atoms with Crippen LogP contribution in [0.1, 0.15) is 19.8 Å². The van der Waals surface area contributed by atoms with E-state index in [4.69, 9.17) is 0 Å². The van der Waals surface area contributed by atoms with Crippen molar-refractivity contribution in [3.8, 4) is 0 Å². The number of fused-ring (bicyclic) bond motifs is 1. The standard InChI is InChI=1S/C8H12N2O2/c1-2-9-6-3-4-7(11)10(6)5-8(9)12/h6H,2-5H2,1H3. The van der Waals surface area contributed by atoms with Crippen LogP contribution >= 0.6 is 0 Å². The minimum Gasteiger partial charge on any atom is -0.321 e. The van der Waals surface area contributed by atoms with Gasteiger partial charge in [-0.05, 0) is 13.3 Å². The van der Waals surface area contributed by atoms with Gasteiger partial charge in [0, 0.05) is 13.0 Å². The molecule has 1 unspecified atom stereocenters. The average molecular weight is 168 g/mol. The van der Waals surface area contributed by atoms with Gasteiger partial charge in [0.1, 0.15) is 12.7 Å². The maximum atomic E-state index is 11.3. The van der Waals surface area contributed by atoms with E-state index >= 15 is 0 Å². The van der Waals surface area contributed by atoms with E-state index in [-0.39, 0.29) is 18.0 Å². The third-order valence-electron chi connectivity index (χ3n) is 2.62. The molecule has 0 spiro atoms. The van der Waals surface area contributed by atoms with E-state index in [2.05, 4.69) is 0 Å². The quantitative estimate of drug-likeness (QED) is 0.544. The molecule has 4 heteroatoms. The summed E-state index contributed by atoms with van der Waals surface area (Å²) >= 11 is 0. The van der Waals surface area contributed by atoms with Crippen LogP contribution in [0, 0.1) is 0 Å². The number of hydrogen-bond donors (Lipinski definition) is 0. The molecule has 0 aromatic rings. The first-order valence-corrected chi connectivity index (χ1v) is 4.33. The van der Waals surface area contributed by atoms with Crippen molar-refractivity contribution in [2.24, 2.45) is 0 Å². The highest BCUT2D eigenvalue weighted by Crippen LogP contribution is 2.26. The molecule has 2 aliphatic heterocycles. The van der Waals surface area contributed by atoms with E-state index in [0.29, 0.717) is 19.5 Å². The fraction of sp³-hybridized carbons (Fsp3) is 0.750. The maximum Gasteiger partial charge on any atom is 0.243 e. The molecule has 0 N–H and O–H groups in total. The van der Waals surface area contributed by atoms with Crippen LogP contribution in [0.3, 0.4) is 0 Å². The molecular weight excluding hydrogens is 156 g/mol. The number of carbonyl (C=O) groups is 2. The first-order valence-electron chi connectivity index (χ1n) is 4.33. The summed E-state index contributed by atoms with van der Waals surface area (Å²) < 4.78 is 0. The van der Waals surface area contributed by atoms with Gasteiger partial charge in [0.2, 0.25) is 11.8 Å². The van der Waals surface area contributed by atoms with Gasteiger partial charge >= 0.3 is 0 Å². The van der Waals surface area contributed by atoms with Gasteiger partial charge in [0.05, 0.1) is 0 Å². The second-order valence-electron chi connectivity index (χ2n) is 3.22. The molecule has 4 nitrogen and oxygen atoms in total. The molecule has 0 aromatic heterocycles. The van der Waals surface area contributed by atoms with Crippen LogP contribution in [0.2, 0.25) is 0 Å². The Bertz CT molecular complexity index is 239. The highest BCUT2D eigenvalue weighted by Gasteiger charge is 2.43. The van der Waals surface area contributed by atoms with Crippen molar-refractivity contribution in [1.82, 2.24) is 9.80 Å². The fourth-order valence-corrected chi connectivity index (χ4v) is 2.03. The van der Waals surface area contributed by atoms with Gasteiger partial charge in [-0.3, -0.25) is 9.59 Å². The molecule has 12 heavy (non-hydrogen) atoms. The molecule has 0 aliphatic carbocycles. The third kappa shape index (κ3) is 0.838. The largest absolute Gasteiger partial charge is 0.321 e. The Balaban J connectivity index is 2.20. The maximum absolute atomic E-state index is 11.3. The highest BCUT2D eigenvalue weighted by molar-refractivity contribution is 5.90. The van der Waals surface area contributed by atoms with Gasteiger partial charge in [-0.25, -0.2) is 0 Å². The Labute approximate surface area is 71.1 Å². The van der Waals surface area contributed by atoms with E-state index in [1.54, 1.807) is 9.80 Å². The summed E-state index contributed by atoms with van der Waals surface area (Å²) in [5, 5.41) is 0. The van der Waals surface area contributed by atoms with Gasteiger partial charge in [-0.1, -0.05) is 0 Å². The lowest BCUT2D eigenvalue weighted by Crippen LogP contribution is -2.36. The highest BCUT2D eigenvalue weighted by atomic mass is 16.2. The van der Waals surface area contributed by atoms with Gasteiger partial charge in [-0.2, -0.15) is 0 Å². The minimum absolute atomic E-state index is 0.0787. The number of nitrogens with zero attached hydrogens (tertiary/aromatic N) is 2. The lowest BCUT2D eigenvalue weighted by atomic mass is 10.3. The Kier molecular flexibility index (Phi) is 1.56. The van der Waals surface area contributed by atoms with Crippen molar-refractivity contribution in [3.05, 3.63) is 0 Å². The summed E-state index contributed by atoms with van der Waals surface area (Å²) in [6.45, 7) is 2.97. The normalized spacial score (nSPS) is 28.6. The van der Waals surface area contributed by atoms with E-state index in [0.717, 1.165) is 6.42 Å². The second kappa shape index (κ2) is 2.47. The Morgan fingerprint density at radius 2 is 2.17 bits per heavy atom. The molecule has 0 bridgehead atoms. The Hall–Kier alpha value is -1.06. The smallest absolute Gasteiger partial charge is 0.243 e. The topological polar surface area (TPSA) is 40.6 Å². The van der Waals surface area contributed by atoms with E-state index in [1.807, 2.05) is 6.92 Å². The third-order valence-corrected chi connectivity index (χ3v) is 2.62. The van der Waals surface area contributed by atoms with Crippen molar-refractivity contribution in [2.45, 2.75) is 25.9 Å². The molecular formula is C8H12N2O2. The molecule has 2 rings (SSSR count). The van der Waals surface area contributed by atoms with Crippen molar-refractivity contribution < 1.29 is 9.59 Å². The SMILES string of the molecule is CCN1C(=O)CN2C(=O)CCC12. The molecule has 0 radical (unpaired) electrons. The predicted molar refractivity (Wildman–Crippen MR) is 42.1 cm³/mol. The van der Waals surface area contributed by atoms with Crippen LogP contribution in [-0.4, -0.2) is 40.9 Å². The van der Waals surface area contributed by atoms with Crippen LogP contribution in [0.15, 0.2) is 0 Å². The number of carbonyl (C=O) groups excluding carboxylic acids is 2. The Morgan fingerprint density at radius 1 is 1.42 bits per heavy atom. The van der Waals surface area contributed by atoms with E-state index in [1.165, 1.54) is 0 Å². The van der Waals surface area contributed by atoms with Crippen LogP contribution in [0.4, 0.5) is 0 Å². The number of likely N-dealkylation sites (N-methyl/N-ethyl adjacent to an activating group) is 1. The lowest BCUT2D eigenvalue weighted by Gasteiger charge is -2.21. The molecule has 0 aromatic carbocycles. The molecule has 2 amide bonds. The first kappa shape index (κ1) is 7.58. The Morgan fingerprint density at radius 3 is 2.83 bits per heavy atom. The number of hydrogen-bond acceptors (Lipinski definition) is 2. The second-order valence-corrected chi connectivity index (χ2v) is 3.22. The molecule has 66 valence electrons. The van der Waals surface area contributed by atoms with Crippen molar-refractivity contribution in [2.75, 3.05) is 13.1 Å². The number of rotatable bonds is 1. The van der Waals surface area contributed by atoms with Crippen LogP contribution in [-0.2, 0) is 9.59 Å². The van der Waals surface area contributed by atoms with Crippen molar-refractivity contribution in [1.29, 1.82) is 0 Å². The predicted octanol–water partition coefficient (Wildman–Crippen LogP) is -0.203. The van der Waals surface area contributed by atoms with Gasteiger partial charge in [0.15, 0.2) is 0 Å². The van der Waals surface area contributed by atoms with Gasteiger partial charge < -0.3 is 9.80 Å². The zero-order valence-electron chi connectivity index (χ0n) is 7.12. The molecule has 2 heterocycles. The van der Waals surface area contributed by atoms with E-state index < -0.39 is 0 Å². The average Bonchev–Trinajstić information content (AvgIpc) is 2.52. The zero-order valence-corrected chi connectivity index (χ0v) is 7.12. The van der Waals surface area contributed by atoms with Crippen LogP contribution in [0.25, 0.3) is 0 Å². The van der Waals surface area contributed by atoms with Gasteiger partial charge in [0.25, 0.3) is 0 Å². The van der Waals surface area contributed by atoms with Crippen LogP contribution in [0.5, 0.6) is 0 Å². The van der Waals surface area contributed by atoms with Crippen LogP contribution < -0.4 is 0 Å². The zero-order chi connectivity index (χ0) is 8.72. The van der Waals surface area contributed by atoms with Crippen molar-refractivity contribution >= 4 is 11.8 Å². The molecule has 1 atom stereocenters. The van der Waals surface area contributed by atoms with Crippen molar-refractivity contribution in [3.63, 3.8) is 0 Å². The van der Waals surface area contributed by atoms with E-state index in [9.17, 15) is 9.59 Å². The molecule has 0 saturated carbocycles. The summed E-state index contributed by atoms with van der Waals surface area (Å²) in [6.07, 6.45) is 1.50. The summed E-state index contributed by atoms with van der Waals surface area (Å²) in [5.74, 6) is 0.222.